The van der Waals surface area contributed by atoms with Crippen LogP contribution in [0.15, 0.2) is 42.5 Å². The zero-order valence-corrected chi connectivity index (χ0v) is 18.7. The lowest BCUT2D eigenvalue weighted by Gasteiger charge is -2.27. The van der Waals surface area contributed by atoms with Crippen LogP contribution in [0, 0.1) is 13.8 Å². The van der Waals surface area contributed by atoms with E-state index < -0.39 is 15.9 Å². The molecule has 1 heterocycles. The number of hydrogen-bond acceptors (Lipinski definition) is 5. The highest BCUT2D eigenvalue weighted by Gasteiger charge is 2.23. The Balaban J connectivity index is 1.74. The van der Waals surface area contributed by atoms with Crippen LogP contribution in [0.2, 0.25) is 0 Å². The van der Waals surface area contributed by atoms with Crippen molar-refractivity contribution in [1.82, 2.24) is 4.90 Å². The fourth-order valence-corrected chi connectivity index (χ4v) is 4.35. The van der Waals surface area contributed by atoms with Crippen molar-refractivity contribution < 1.29 is 22.7 Å². The lowest BCUT2D eigenvalue weighted by atomic mass is 10.1. The summed E-state index contributed by atoms with van der Waals surface area (Å²) in [6.07, 6.45) is 1.05. The Morgan fingerprint density at radius 3 is 2.16 bits per heavy atom. The first kappa shape index (κ1) is 22.8. The number of anilines is 2. The number of aryl methyl sites for hydroxylation is 2. The molecule has 2 aromatic rings. The van der Waals surface area contributed by atoms with Gasteiger partial charge in [0.15, 0.2) is 0 Å². The van der Waals surface area contributed by atoms with Crippen molar-refractivity contribution in [2.45, 2.75) is 13.8 Å². The van der Waals surface area contributed by atoms with E-state index >= 15 is 0 Å². The Morgan fingerprint density at radius 1 is 1.03 bits per heavy atom. The first-order chi connectivity index (χ1) is 14.6. The second kappa shape index (κ2) is 9.49. The van der Waals surface area contributed by atoms with E-state index in [1.165, 1.54) is 0 Å². The monoisotopic (exact) mass is 445 g/mol. The van der Waals surface area contributed by atoms with Crippen LogP contribution in [0.25, 0.3) is 0 Å². The number of sulfonamides is 1. The summed E-state index contributed by atoms with van der Waals surface area (Å²) in [4.78, 5) is 26.8. The summed E-state index contributed by atoms with van der Waals surface area (Å²) in [6, 6.07) is 11.9. The molecule has 1 aliphatic heterocycles. The third-order valence-corrected chi connectivity index (χ3v) is 6.03. The highest BCUT2D eigenvalue weighted by molar-refractivity contribution is 7.92. The molecule has 2 aromatic carbocycles. The average Bonchev–Trinajstić information content (AvgIpc) is 2.71. The summed E-state index contributed by atoms with van der Waals surface area (Å²) >= 11 is 0. The summed E-state index contributed by atoms with van der Waals surface area (Å²) in [6.45, 7) is 5.52. The molecule has 31 heavy (non-hydrogen) atoms. The maximum Gasteiger partial charge on any atom is 0.254 e. The molecule has 3 rings (SSSR count). The van der Waals surface area contributed by atoms with Crippen LogP contribution in [0.1, 0.15) is 21.5 Å². The molecule has 0 spiro atoms. The fourth-order valence-electron chi connectivity index (χ4n) is 3.50. The summed E-state index contributed by atoms with van der Waals surface area (Å²) in [5, 5.41) is 2.75. The standard InChI is InChI=1S/C22H27N3O5S/c1-16-12-17(2)14-19(13-16)23-21(26)15-25(31(3,28)29)20-6-4-18(5-7-20)22(27)24-8-10-30-11-9-24/h4-7,12-14H,8-11,15H2,1-3H3,(H,23,26). The van der Waals surface area contributed by atoms with Gasteiger partial charge in [-0.2, -0.15) is 0 Å². The third kappa shape index (κ3) is 6.05. The number of ether oxygens (including phenoxy) is 1. The van der Waals surface area contributed by atoms with Gasteiger partial charge in [-0.1, -0.05) is 6.07 Å². The van der Waals surface area contributed by atoms with Crippen LogP contribution in [-0.4, -0.2) is 64.2 Å². The Labute approximate surface area is 182 Å². The van der Waals surface area contributed by atoms with Crippen molar-refractivity contribution in [2.24, 2.45) is 0 Å². The largest absolute Gasteiger partial charge is 0.378 e. The molecule has 9 heteroatoms. The van der Waals surface area contributed by atoms with Crippen molar-refractivity contribution >= 4 is 33.2 Å². The highest BCUT2D eigenvalue weighted by atomic mass is 32.2. The molecule has 0 bridgehead atoms. The minimum Gasteiger partial charge on any atom is -0.378 e. The third-order valence-electron chi connectivity index (χ3n) is 4.89. The van der Waals surface area contributed by atoms with E-state index in [4.69, 9.17) is 4.74 Å². The second-order valence-electron chi connectivity index (χ2n) is 7.65. The van der Waals surface area contributed by atoms with Gasteiger partial charge in [0.25, 0.3) is 5.91 Å². The van der Waals surface area contributed by atoms with E-state index in [9.17, 15) is 18.0 Å². The van der Waals surface area contributed by atoms with Gasteiger partial charge in [-0.25, -0.2) is 8.42 Å². The molecule has 0 aromatic heterocycles. The van der Waals surface area contributed by atoms with E-state index in [1.807, 2.05) is 32.0 Å². The molecule has 0 atom stereocenters. The Hall–Kier alpha value is -2.91. The highest BCUT2D eigenvalue weighted by Crippen LogP contribution is 2.20. The number of morpholine rings is 1. The smallest absolute Gasteiger partial charge is 0.254 e. The predicted octanol–water partition coefficient (Wildman–Crippen LogP) is 2.18. The van der Waals surface area contributed by atoms with E-state index in [2.05, 4.69) is 5.32 Å². The first-order valence-electron chi connectivity index (χ1n) is 9.96. The molecule has 1 N–H and O–H groups in total. The van der Waals surface area contributed by atoms with Crippen molar-refractivity contribution in [3.8, 4) is 0 Å². The summed E-state index contributed by atoms with van der Waals surface area (Å²) < 4.78 is 31.0. The van der Waals surface area contributed by atoms with Gasteiger partial charge in [-0.05, 0) is 61.4 Å². The first-order valence-corrected chi connectivity index (χ1v) is 11.8. The molecule has 8 nitrogen and oxygen atoms in total. The van der Waals surface area contributed by atoms with E-state index in [1.54, 1.807) is 29.2 Å². The van der Waals surface area contributed by atoms with Crippen molar-refractivity contribution in [3.05, 3.63) is 59.2 Å². The molecule has 0 radical (unpaired) electrons. The number of benzene rings is 2. The zero-order valence-electron chi connectivity index (χ0n) is 17.9. The van der Waals surface area contributed by atoms with Crippen molar-refractivity contribution in [3.63, 3.8) is 0 Å². The molecule has 1 fully saturated rings. The van der Waals surface area contributed by atoms with Gasteiger partial charge in [-0.15, -0.1) is 0 Å². The van der Waals surface area contributed by atoms with Crippen molar-refractivity contribution in [1.29, 1.82) is 0 Å². The molecule has 166 valence electrons. The van der Waals surface area contributed by atoms with Gasteiger partial charge in [0.05, 0.1) is 25.2 Å². The molecular formula is C22H27N3O5S. The lowest BCUT2D eigenvalue weighted by Crippen LogP contribution is -2.40. The SMILES string of the molecule is Cc1cc(C)cc(NC(=O)CN(c2ccc(C(=O)N3CCOCC3)cc2)S(C)(=O)=O)c1. The Morgan fingerprint density at radius 2 is 1.61 bits per heavy atom. The molecule has 1 aliphatic rings. The van der Waals surface area contributed by atoms with E-state index in [0.717, 1.165) is 21.7 Å². The maximum absolute atomic E-state index is 12.6. The van der Waals surface area contributed by atoms with E-state index in [0.29, 0.717) is 43.2 Å². The number of carbonyl (C=O) groups excluding carboxylic acids is 2. The van der Waals surface area contributed by atoms with E-state index in [-0.39, 0.29) is 12.5 Å². The van der Waals surface area contributed by atoms with Gasteiger partial charge < -0.3 is 15.0 Å². The Kier molecular flexibility index (Phi) is 6.97. The Bertz CT molecular complexity index is 1040. The normalized spacial score (nSPS) is 14.2. The van der Waals surface area contributed by atoms with Crippen LogP contribution in [0.4, 0.5) is 11.4 Å². The van der Waals surface area contributed by atoms with Gasteiger partial charge in [0, 0.05) is 24.3 Å². The predicted molar refractivity (Wildman–Crippen MR) is 120 cm³/mol. The molecule has 0 unspecified atom stereocenters. The average molecular weight is 446 g/mol. The summed E-state index contributed by atoms with van der Waals surface area (Å²) in [7, 11) is -3.71. The number of nitrogens with zero attached hydrogens (tertiary/aromatic N) is 2. The number of nitrogens with one attached hydrogen (secondary N) is 1. The van der Waals surface area contributed by atoms with Crippen LogP contribution < -0.4 is 9.62 Å². The quantitative estimate of drug-likeness (QED) is 0.735. The van der Waals surface area contributed by atoms with Gasteiger partial charge in [0.1, 0.15) is 6.54 Å². The summed E-state index contributed by atoms with van der Waals surface area (Å²) in [5.74, 6) is -0.586. The second-order valence-corrected chi connectivity index (χ2v) is 9.55. The minimum atomic E-state index is -3.71. The fraction of sp³-hybridized carbons (Fsp3) is 0.364. The van der Waals surface area contributed by atoms with Crippen LogP contribution >= 0.6 is 0 Å². The maximum atomic E-state index is 12.6. The molecular weight excluding hydrogens is 418 g/mol. The molecule has 0 saturated carbocycles. The number of hydrogen-bond donors (Lipinski definition) is 1. The van der Waals surface area contributed by atoms with Gasteiger partial charge in [0.2, 0.25) is 15.9 Å². The van der Waals surface area contributed by atoms with Crippen LogP contribution in [0.3, 0.4) is 0 Å². The van der Waals surface area contributed by atoms with Gasteiger partial charge in [-0.3, -0.25) is 13.9 Å². The van der Waals surface area contributed by atoms with Gasteiger partial charge >= 0.3 is 0 Å². The minimum absolute atomic E-state index is 0.131. The molecule has 1 saturated heterocycles. The number of rotatable bonds is 6. The van der Waals surface area contributed by atoms with Crippen LogP contribution in [-0.2, 0) is 19.6 Å². The molecule has 0 aliphatic carbocycles. The summed E-state index contributed by atoms with van der Waals surface area (Å²) in [5.41, 5.74) is 3.38. The molecule has 2 amide bonds. The lowest BCUT2D eigenvalue weighted by molar-refractivity contribution is -0.114. The van der Waals surface area contributed by atoms with Crippen LogP contribution in [0.5, 0.6) is 0 Å². The zero-order chi connectivity index (χ0) is 22.6. The number of carbonyl (C=O) groups is 2. The number of amides is 2. The van der Waals surface area contributed by atoms with Crippen molar-refractivity contribution in [2.75, 3.05) is 48.7 Å². The topological polar surface area (TPSA) is 96.0 Å².